The van der Waals surface area contributed by atoms with Crippen molar-refractivity contribution in [1.29, 1.82) is 0 Å². The molecule has 0 aromatic carbocycles. The molecule has 1 amide bonds. The van der Waals surface area contributed by atoms with Crippen molar-refractivity contribution in [3.8, 4) is 0 Å². The monoisotopic (exact) mass is 301 g/mol. The topological polar surface area (TPSA) is 85.1 Å². The molecule has 3 rings (SSSR count). The first-order valence-electron chi connectivity index (χ1n) is 7.31. The number of H-pyrrole nitrogens is 2. The summed E-state index contributed by atoms with van der Waals surface area (Å²) in [5.74, 6) is -0.206. The Morgan fingerprint density at radius 3 is 2.55 bits per heavy atom. The van der Waals surface area contributed by atoms with Gasteiger partial charge in [-0.2, -0.15) is 5.10 Å². The third-order valence-electron chi connectivity index (χ3n) is 4.02. The number of piperazine rings is 1. The minimum absolute atomic E-state index is 0.201. The van der Waals surface area contributed by atoms with Gasteiger partial charge in [0.25, 0.3) is 11.5 Å². The Morgan fingerprint density at radius 1 is 1.23 bits per heavy atom. The van der Waals surface area contributed by atoms with Gasteiger partial charge in [-0.15, -0.1) is 0 Å². The van der Waals surface area contributed by atoms with Gasteiger partial charge in [-0.3, -0.25) is 14.7 Å². The molecule has 2 N–H and O–H groups in total. The van der Waals surface area contributed by atoms with Crippen molar-refractivity contribution in [3.05, 3.63) is 45.6 Å². The van der Waals surface area contributed by atoms with Crippen LogP contribution in [-0.2, 0) is 0 Å². The van der Waals surface area contributed by atoms with E-state index in [2.05, 4.69) is 20.1 Å². The van der Waals surface area contributed by atoms with Crippen molar-refractivity contribution >= 4 is 11.6 Å². The molecule has 0 radical (unpaired) electrons. The summed E-state index contributed by atoms with van der Waals surface area (Å²) < 4.78 is 0. The van der Waals surface area contributed by atoms with Gasteiger partial charge in [0.05, 0.1) is 17.1 Å². The molecule has 0 aliphatic carbocycles. The molecule has 0 unspecified atom stereocenters. The quantitative estimate of drug-likeness (QED) is 0.854. The second-order valence-corrected chi connectivity index (χ2v) is 5.47. The Hall–Kier alpha value is -2.57. The molecule has 7 heteroatoms. The number of aryl methyl sites for hydroxylation is 2. The molecule has 1 aliphatic rings. The van der Waals surface area contributed by atoms with E-state index in [0.717, 1.165) is 30.2 Å². The highest BCUT2D eigenvalue weighted by atomic mass is 16.2. The lowest BCUT2D eigenvalue weighted by Crippen LogP contribution is -2.49. The van der Waals surface area contributed by atoms with Crippen LogP contribution < -0.4 is 10.5 Å². The molecule has 0 spiro atoms. The number of carbonyl (C=O) groups excluding carboxylic acids is 1. The SMILES string of the molecule is Cc1n[nH]c(C)c1N1CCN(C(=O)c2ccc[nH]c2=O)CC1. The number of hydrogen-bond acceptors (Lipinski definition) is 4. The van der Waals surface area contributed by atoms with Crippen LogP contribution in [0.3, 0.4) is 0 Å². The minimum atomic E-state index is -0.337. The zero-order valence-corrected chi connectivity index (χ0v) is 12.7. The fourth-order valence-electron chi connectivity index (χ4n) is 2.90. The third kappa shape index (κ3) is 2.49. The Morgan fingerprint density at radius 2 is 1.95 bits per heavy atom. The summed E-state index contributed by atoms with van der Waals surface area (Å²) in [5.41, 5.74) is 2.99. The number of pyridine rings is 1. The van der Waals surface area contributed by atoms with Crippen LogP contribution in [0.15, 0.2) is 23.1 Å². The predicted octanol–water partition coefficient (Wildman–Crippen LogP) is 0.677. The van der Waals surface area contributed by atoms with Crippen molar-refractivity contribution in [2.24, 2.45) is 0 Å². The number of amides is 1. The number of carbonyl (C=O) groups is 1. The number of aromatic amines is 2. The van der Waals surface area contributed by atoms with Gasteiger partial charge in [0.2, 0.25) is 0 Å². The normalized spacial score (nSPS) is 15.2. The summed E-state index contributed by atoms with van der Waals surface area (Å²) in [6.07, 6.45) is 1.53. The van der Waals surface area contributed by atoms with Gasteiger partial charge in [-0.25, -0.2) is 0 Å². The lowest BCUT2D eigenvalue weighted by atomic mass is 10.2. The van der Waals surface area contributed by atoms with E-state index in [1.54, 1.807) is 17.0 Å². The third-order valence-corrected chi connectivity index (χ3v) is 4.02. The van der Waals surface area contributed by atoms with E-state index in [9.17, 15) is 9.59 Å². The molecule has 0 atom stereocenters. The largest absolute Gasteiger partial charge is 0.365 e. The van der Waals surface area contributed by atoms with E-state index in [1.807, 2.05) is 13.8 Å². The average molecular weight is 301 g/mol. The Labute approximate surface area is 127 Å². The highest BCUT2D eigenvalue weighted by molar-refractivity contribution is 5.94. The van der Waals surface area contributed by atoms with Crippen molar-refractivity contribution in [2.45, 2.75) is 13.8 Å². The zero-order chi connectivity index (χ0) is 15.7. The van der Waals surface area contributed by atoms with Crippen molar-refractivity contribution < 1.29 is 4.79 Å². The molecule has 2 aromatic rings. The first-order chi connectivity index (χ1) is 10.6. The fraction of sp³-hybridized carbons (Fsp3) is 0.400. The first kappa shape index (κ1) is 14.4. The van der Waals surface area contributed by atoms with E-state index < -0.39 is 0 Å². The number of nitrogens with zero attached hydrogens (tertiary/aromatic N) is 3. The maximum atomic E-state index is 12.4. The van der Waals surface area contributed by atoms with Gasteiger partial charge in [0.15, 0.2) is 0 Å². The van der Waals surface area contributed by atoms with Gasteiger partial charge in [0, 0.05) is 32.4 Å². The smallest absolute Gasteiger partial charge is 0.260 e. The predicted molar refractivity (Wildman–Crippen MR) is 83.2 cm³/mol. The van der Waals surface area contributed by atoms with Crippen LogP contribution in [0.5, 0.6) is 0 Å². The van der Waals surface area contributed by atoms with Crippen LogP contribution >= 0.6 is 0 Å². The maximum absolute atomic E-state index is 12.4. The molecule has 1 fully saturated rings. The molecule has 3 heterocycles. The summed E-state index contributed by atoms with van der Waals surface area (Å²) in [4.78, 5) is 30.6. The maximum Gasteiger partial charge on any atom is 0.260 e. The van der Waals surface area contributed by atoms with E-state index in [1.165, 1.54) is 6.20 Å². The molecular formula is C15H19N5O2. The zero-order valence-electron chi connectivity index (χ0n) is 12.7. The van der Waals surface area contributed by atoms with Crippen LogP contribution in [0.2, 0.25) is 0 Å². The van der Waals surface area contributed by atoms with E-state index in [0.29, 0.717) is 13.1 Å². The molecule has 1 aliphatic heterocycles. The van der Waals surface area contributed by atoms with Gasteiger partial charge in [-0.05, 0) is 26.0 Å². The van der Waals surface area contributed by atoms with Crippen molar-refractivity contribution in [2.75, 3.05) is 31.1 Å². The van der Waals surface area contributed by atoms with Crippen LogP contribution in [0.25, 0.3) is 0 Å². The minimum Gasteiger partial charge on any atom is -0.365 e. The summed E-state index contributed by atoms with van der Waals surface area (Å²) in [5, 5.41) is 7.20. The van der Waals surface area contributed by atoms with Crippen LogP contribution in [0.4, 0.5) is 5.69 Å². The highest BCUT2D eigenvalue weighted by Crippen LogP contribution is 2.23. The highest BCUT2D eigenvalue weighted by Gasteiger charge is 2.25. The first-order valence-corrected chi connectivity index (χ1v) is 7.31. The van der Waals surface area contributed by atoms with Gasteiger partial charge >= 0.3 is 0 Å². The fourth-order valence-corrected chi connectivity index (χ4v) is 2.90. The van der Waals surface area contributed by atoms with Crippen molar-refractivity contribution in [1.82, 2.24) is 20.1 Å². The summed E-state index contributed by atoms with van der Waals surface area (Å²) in [6.45, 7) is 6.63. The van der Waals surface area contributed by atoms with Gasteiger partial charge < -0.3 is 14.8 Å². The van der Waals surface area contributed by atoms with Crippen molar-refractivity contribution in [3.63, 3.8) is 0 Å². The van der Waals surface area contributed by atoms with Crippen LogP contribution in [0, 0.1) is 13.8 Å². The van der Waals surface area contributed by atoms with Crippen LogP contribution in [0.1, 0.15) is 21.7 Å². The van der Waals surface area contributed by atoms with E-state index >= 15 is 0 Å². The number of anilines is 1. The summed E-state index contributed by atoms with van der Waals surface area (Å²) >= 11 is 0. The number of aromatic nitrogens is 3. The van der Waals surface area contributed by atoms with Gasteiger partial charge in [0.1, 0.15) is 5.56 Å². The van der Waals surface area contributed by atoms with Crippen LogP contribution in [-0.4, -0.2) is 52.2 Å². The molecular weight excluding hydrogens is 282 g/mol. The number of nitrogens with one attached hydrogen (secondary N) is 2. The lowest BCUT2D eigenvalue weighted by molar-refractivity contribution is 0.0745. The molecule has 22 heavy (non-hydrogen) atoms. The average Bonchev–Trinajstić information content (AvgIpc) is 2.86. The standard InChI is InChI=1S/C15H19N5O2/c1-10-13(11(2)18-17-10)19-6-8-20(9-7-19)15(22)12-4-3-5-16-14(12)21/h3-5H,6-9H2,1-2H3,(H,16,21)(H,17,18). The molecule has 0 saturated carbocycles. The number of hydrogen-bond donors (Lipinski definition) is 2. The molecule has 1 saturated heterocycles. The molecule has 116 valence electrons. The second-order valence-electron chi connectivity index (χ2n) is 5.47. The number of rotatable bonds is 2. The molecule has 7 nitrogen and oxygen atoms in total. The van der Waals surface area contributed by atoms with Gasteiger partial charge in [-0.1, -0.05) is 0 Å². The Kier molecular flexibility index (Phi) is 3.70. The molecule has 0 bridgehead atoms. The molecule has 2 aromatic heterocycles. The Bertz CT molecular complexity index is 721. The van der Waals surface area contributed by atoms with E-state index in [-0.39, 0.29) is 17.0 Å². The summed E-state index contributed by atoms with van der Waals surface area (Å²) in [7, 11) is 0. The lowest BCUT2D eigenvalue weighted by Gasteiger charge is -2.36. The summed E-state index contributed by atoms with van der Waals surface area (Å²) in [6, 6.07) is 3.24. The second kappa shape index (κ2) is 5.67. The van der Waals surface area contributed by atoms with E-state index in [4.69, 9.17) is 0 Å². The Balaban J connectivity index is 1.71.